The van der Waals surface area contributed by atoms with Crippen LogP contribution >= 0.6 is 11.3 Å². The Bertz CT molecular complexity index is 307. The number of piperidine rings is 1. The van der Waals surface area contributed by atoms with E-state index in [9.17, 15) is 0 Å². The summed E-state index contributed by atoms with van der Waals surface area (Å²) >= 11 is 1.92. The molecule has 1 atom stereocenters. The Labute approximate surface area is 102 Å². The highest BCUT2D eigenvalue weighted by molar-refractivity contribution is 7.12. The van der Waals surface area contributed by atoms with E-state index in [4.69, 9.17) is 0 Å². The molecule has 1 unspecified atom stereocenters. The Morgan fingerprint density at radius 1 is 1.50 bits per heavy atom. The zero-order valence-corrected chi connectivity index (χ0v) is 11.1. The standard InChI is InChI=1S/C13H22N2S/c1-10-6-13(16-11(10)2)9-15-8-12-4-3-5-14-7-12/h6,12,14-15H,3-5,7-9H2,1-2H3. The van der Waals surface area contributed by atoms with Crippen LogP contribution in [0, 0.1) is 19.8 Å². The molecule has 2 nitrogen and oxygen atoms in total. The molecule has 3 heteroatoms. The minimum Gasteiger partial charge on any atom is -0.316 e. The van der Waals surface area contributed by atoms with E-state index < -0.39 is 0 Å². The molecule has 1 aliphatic heterocycles. The monoisotopic (exact) mass is 238 g/mol. The molecular weight excluding hydrogens is 216 g/mol. The lowest BCUT2D eigenvalue weighted by molar-refractivity contribution is 0.360. The molecule has 16 heavy (non-hydrogen) atoms. The van der Waals surface area contributed by atoms with E-state index in [0.717, 1.165) is 19.0 Å². The minimum atomic E-state index is 0.830. The third-order valence-corrected chi connectivity index (χ3v) is 4.50. The molecular formula is C13H22N2S. The molecule has 0 amide bonds. The second-order valence-corrected chi connectivity index (χ2v) is 6.14. The van der Waals surface area contributed by atoms with Crippen molar-refractivity contribution in [3.63, 3.8) is 0 Å². The number of thiophene rings is 1. The van der Waals surface area contributed by atoms with E-state index >= 15 is 0 Å². The van der Waals surface area contributed by atoms with Gasteiger partial charge in [-0.25, -0.2) is 0 Å². The van der Waals surface area contributed by atoms with Crippen LogP contribution in [0.2, 0.25) is 0 Å². The number of nitrogens with one attached hydrogen (secondary N) is 2. The largest absolute Gasteiger partial charge is 0.316 e. The summed E-state index contributed by atoms with van der Waals surface area (Å²) in [6, 6.07) is 2.31. The summed E-state index contributed by atoms with van der Waals surface area (Å²) < 4.78 is 0. The first-order valence-corrected chi connectivity index (χ1v) is 7.04. The van der Waals surface area contributed by atoms with Crippen LogP contribution in [0.4, 0.5) is 0 Å². The van der Waals surface area contributed by atoms with Crippen LogP contribution < -0.4 is 10.6 Å². The van der Waals surface area contributed by atoms with Gasteiger partial charge in [0.2, 0.25) is 0 Å². The summed E-state index contributed by atoms with van der Waals surface area (Å²) in [6.07, 6.45) is 2.71. The fraction of sp³-hybridized carbons (Fsp3) is 0.692. The van der Waals surface area contributed by atoms with E-state index in [1.807, 2.05) is 11.3 Å². The smallest absolute Gasteiger partial charge is 0.0300 e. The molecule has 2 N–H and O–H groups in total. The molecule has 1 saturated heterocycles. The summed E-state index contributed by atoms with van der Waals surface area (Å²) in [4.78, 5) is 2.93. The summed E-state index contributed by atoms with van der Waals surface area (Å²) in [5, 5.41) is 7.04. The van der Waals surface area contributed by atoms with Crippen molar-refractivity contribution in [1.82, 2.24) is 10.6 Å². The summed E-state index contributed by atoms with van der Waals surface area (Å²) in [5.74, 6) is 0.830. The highest BCUT2D eigenvalue weighted by Crippen LogP contribution is 2.20. The second kappa shape index (κ2) is 5.80. The zero-order valence-electron chi connectivity index (χ0n) is 10.3. The Balaban J connectivity index is 1.71. The molecule has 90 valence electrons. The van der Waals surface area contributed by atoms with E-state index in [0.29, 0.717) is 0 Å². The van der Waals surface area contributed by atoms with Crippen LogP contribution in [0.25, 0.3) is 0 Å². The predicted molar refractivity (Wildman–Crippen MR) is 71.1 cm³/mol. The van der Waals surface area contributed by atoms with E-state index in [1.54, 1.807) is 0 Å². The van der Waals surface area contributed by atoms with Crippen LogP contribution in [0.1, 0.15) is 28.2 Å². The molecule has 0 bridgehead atoms. The molecule has 1 aromatic heterocycles. The van der Waals surface area contributed by atoms with Crippen molar-refractivity contribution in [3.05, 3.63) is 21.4 Å². The first-order valence-electron chi connectivity index (χ1n) is 6.23. The molecule has 1 aromatic rings. The molecule has 0 radical (unpaired) electrons. The quantitative estimate of drug-likeness (QED) is 0.842. The van der Waals surface area contributed by atoms with Crippen molar-refractivity contribution in [2.45, 2.75) is 33.2 Å². The average molecular weight is 238 g/mol. The van der Waals surface area contributed by atoms with Crippen LogP contribution in [-0.2, 0) is 6.54 Å². The number of hydrogen-bond acceptors (Lipinski definition) is 3. The van der Waals surface area contributed by atoms with E-state index in [2.05, 4.69) is 30.5 Å². The van der Waals surface area contributed by atoms with Crippen LogP contribution in [0.3, 0.4) is 0 Å². The maximum atomic E-state index is 3.58. The minimum absolute atomic E-state index is 0.830. The molecule has 1 fully saturated rings. The first kappa shape index (κ1) is 12.1. The van der Waals surface area contributed by atoms with Gasteiger partial charge in [-0.1, -0.05) is 0 Å². The Morgan fingerprint density at radius 3 is 3.00 bits per heavy atom. The molecule has 2 rings (SSSR count). The van der Waals surface area contributed by atoms with E-state index in [-0.39, 0.29) is 0 Å². The van der Waals surface area contributed by atoms with Gasteiger partial charge in [0.05, 0.1) is 0 Å². The highest BCUT2D eigenvalue weighted by Gasteiger charge is 2.12. The van der Waals surface area contributed by atoms with Gasteiger partial charge in [-0.3, -0.25) is 0 Å². The van der Waals surface area contributed by atoms with Gasteiger partial charge in [-0.2, -0.15) is 0 Å². The summed E-state index contributed by atoms with van der Waals surface area (Å²) in [5.41, 5.74) is 1.43. The highest BCUT2D eigenvalue weighted by atomic mass is 32.1. The maximum Gasteiger partial charge on any atom is 0.0300 e. The predicted octanol–water partition coefficient (Wildman–Crippen LogP) is 2.45. The van der Waals surface area contributed by atoms with Gasteiger partial charge in [0, 0.05) is 16.3 Å². The number of aryl methyl sites for hydroxylation is 2. The van der Waals surface area contributed by atoms with Gasteiger partial charge in [-0.15, -0.1) is 11.3 Å². The molecule has 0 aromatic carbocycles. The van der Waals surface area contributed by atoms with Gasteiger partial charge in [-0.05, 0) is 63.9 Å². The lowest BCUT2D eigenvalue weighted by Gasteiger charge is -2.22. The van der Waals surface area contributed by atoms with Crippen molar-refractivity contribution in [1.29, 1.82) is 0 Å². The fourth-order valence-corrected chi connectivity index (χ4v) is 3.26. The lowest BCUT2D eigenvalue weighted by atomic mass is 10.00. The first-order chi connectivity index (χ1) is 7.75. The normalized spacial score (nSPS) is 21.2. The number of rotatable bonds is 4. The molecule has 0 spiro atoms. The second-order valence-electron chi connectivity index (χ2n) is 4.80. The molecule has 0 aliphatic carbocycles. The SMILES string of the molecule is Cc1cc(CNCC2CCCNC2)sc1C. The summed E-state index contributed by atoms with van der Waals surface area (Å²) in [6.45, 7) is 8.99. The number of hydrogen-bond donors (Lipinski definition) is 2. The Kier molecular flexibility index (Phi) is 4.38. The van der Waals surface area contributed by atoms with Gasteiger partial charge < -0.3 is 10.6 Å². The third-order valence-electron chi connectivity index (χ3n) is 3.35. The average Bonchev–Trinajstić information content (AvgIpc) is 2.60. The topological polar surface area (TPSA) is 24.1 Å². The van der Waals surface area contributed by atoms with Crippen molar-refractivity contribution in [3.8, 4) is 0 Å². The summed E-state index contributed by atoms with van der Waals surface area (Å²) in [7, 11) is 0. The van der Waals surface area contributed by atoms with Gasteiger partial charge in [0.1, 0.15) is 0 Å². The van der Waals surface area contributed by atoms with Gasteiger partial charge in [0.15, 0.2) is 0 Å². The van der Waals surface area contributed by atoms with Crippen molar-refractivity contribution < 1.29 is 0 Å². The zero-order chi connectivity index (χ0) is 11.4. The third kappa shape index (κ3) is 3.30. The fourth-order valence-electron chi connectivity index (χ4n) is 2.23. The van der Waals surface area contributed by atoms with Crippen molar-refractivity contribution >= 4 is 11.3 Å². The van der Waals surface area contributed by atoms with Crippen LogP contribution in [0.15, 0.2) is 6.07 Å². The van der Waals surface area contributed by atoms with Crippen molar-refractivity contribution in [2.75, 3.05) is 19.6 Å². The molecule has 0 saturated carbocycles. The van der Waals surface area contributed by atoms with Crippen LogP contribution in [-0.4, -0.2) is 19.6 Å². The lowest BCUT2D eigenvalue weighted by Crippen LogP contribution is -2.35. The Morgan fingerprint density at radius 2 is 2.38 bits per heavy atom. The van der Waals surface area contributed by atoms with E-state index in [1.165, 1.54) is 41.2 Å². The van der Waals surface area contributed by atoms with Gasteiger partial charge >= 0.3 is 0 Å². The Hall–Kier alpha value is -0.380. The maximum absolute atomic E-state index is 3.58. The molecule has 1 aliphatic rings. The van der Waals surface area contributed by atoms with Crippen molar-refractivity contribution in [2.24, 2.45) is 5.92 Å². The van der Waals surface area contributed by atoms with Gasteiger partial charge in [0.25, 0.3) is 0 Å². The molecule has 2 heterocycles. The van der Waals surface area contributed by atoms with Crippen LogP contribution in [0.5, 0.6) is 0 Å².